The number of rotatable bonds is 9. The molecule has 2 N–H and O–H groups in total. The van der Waals surface area contributed by atoms with Crippen molar-refractivity contribution in [3.63, 3.8) is 0 Å². The predicted octanol–water partition coefficient (Wildman–Crippen LogP) is 1.20. The molecule has 0 aliphatic heterocycles. The normalized spacial score (nSPS) is 15.1. The molecule has 1 fully saturated rings. The minimum atomic E-state index is -1.25. The van der Waals surface area contributed by atoms with Crippen molar-refractivity contribution in [1.29, 1.82) is 0 Å². The number of carbonyl (C=O) groups is 2. The van der Waals surface area contributed by atoms with Gasteiger partial charge in [0.2, 0.25) is 12.0 Å². The zero-order valence-electron chi connectivity index (χ0n) is 12.0. The average Bonchev–Trinajstić information content (AvgIpc) is 3.29. The van der Waals surface area contributed by atoms with Crippen LogP contribution in [0.1, 0.15) is 12.8 Å². The summed E-state index contributed by atoms with van der Waals surface area (Å²) in [7, 11) is 0. The Morgan fingerprint density at radius 2 is 2.00 bits per heavy atom. The van der Waals surface area contributed by atoms with Gasteiger partial charge in [-0.05, 0) is 43.0 Å². The molecule has 1 saturated carbocycles. The Labute approximate surface area is 127 Å². The van der Waals surface area contributed by atoms with Crippen LogP contribution < -0.4 is 10.1 Å². The highest BCUT2D eigenvalue weighted by Crippen LogP contribution is 2.28. The maximum Gasteiger partial charge on any atom is 0.346 e. The fourth-order valence-electron chi connectivity index (χ4n) is 1.72. The summed E-state index contributed by atoms with van der Waals surface area (Å²) in [6.07, 6.45) is 1.01. The van der Waals surface area contributed by atoms with E-state index in [4.69, 9.17) is 14.6 Å². The molecule has 2 rings (SSSR count). The molecule has 0 spiro atoms. The van der Waals surface area contributed by atoms with Gasteiger partial charge in [-0.1, -0.05) is 0 Å². The SMILES string of the molecule is O=C(COCC1CC1)NCC(Oc1ccc(F)cc1)C(=O)O. The fraction of sp³-hybridized carbons (Fsp3) is 0.467. The lowest BCUT2D eigenvalue weighted by Crippen LogP contribution is -2.41. The maximum absolute atomic E-state index is 12.8. The summed E-state index contributed by atoms with van der Waals surface area (Å²) in [5.74, 6) is -1.28. The molecule has 1 aliphatic carbocycles. The van der Waals surface area contributed by atoms with Crippen LogP contribution in [0, 0.1) is 11.7 Å². The van der Waals surface area contributed by atoms with E-state index in [1.807, 2.05) is 0 Å². The number of halogens is 1. The van der Waals surface area contributed by atoms with Gasteiger partial charge in [-0.3, -0.25) is 4.79 Å². The lowest BCUT2D eigenvalue weighted by Gasteiger charge is -2.16. The van der Waals surface area contributed by atoms with Crippen LogP contribution >= 0.6 is 0 Å². The Balaban J connectivity index is 1.74. The lowest BCUT2D eigenvalue weighted by molar-refractivity contribution is -0.145. The van der Waals surface area contributed by atoms with E-state index in [0.717, 1.165) is 12.8 Å². The number of carboxylic acids is 1. The smallest absolute Gasteiger partial charge is 0.346 e. The number of hydrogen-bond acceptors (Lipinski definition) is 4. The minimum Gasteiger partial charge on any atom is -0.478 e. The van der Waals surface area contributed by atoms with Crippen LogP contribution in [0.3, 0.4) is 0 Å². The molecule has 120 valence electrons. The molecule has 1 unspecified atom stereocenters. The molecule has 0 heterocycles. The summed E-state index contributed by atoms with van der Waals surface area (Å²) in [5.41, 5.74) is 0. The van der Waals surface area contributed by atoms with E-state index in [0.29, 0.717) is 12.5 Å². The van der Waals surface area contributed by atoms with E-state index in [9.17, 15) is 14.0 Å². The van der Waals surface area contributed by atoms with Gasteiger partial charge in [-0.15, -0.1) is 0 Å². The van der Waals surface area contributed by atoms with Crippen molar-refractivity contribution in [2.24, 2.45) is 5.92 Å². The number of nitrogens with one attached hydrogen (secondary N) is 1. The highest BCUT2D eigenvalue weighted by molar-refractivity contribution is 5.79. The molecular formula is C15H18FNO5. The van der Waals surface area contributed by atoms with Crippen LogP contribution in [0.2, 0.25) is 0 Å². The molecule has 1 aliphatic rings. The fourth-order valence-corrected chi connectivity index (χ4v) is 1.72. The largest absolute Gasteiger partial charge is 0.478 e. The average molecular weight is 311 g/mol. The van der Waals surface area contributed by atoms with Gasteiger partial charge in [0.25, 0.3) is 0 Å². The molecule has 1 atom stereocenters. The van der Waals surface area contributed by atoms with Gasteiger partial charge in [0.05, 0.1) is 13.2 Å². The van der Waals surface area contributed by atoms with Gasteiger partial charge < -0.3 is 19.9 Å². The molecule has 0 bridgehead atoms. The second-order valence-corrected chi connectivity index (χ2v) is 5.16. The first-order valence-corrected chi connectivity index (χ1v) is 7.04. The molecule has 6 nitrogen and oxygen atoms in total. The van der Waals surface area contributed by atoms with Gasteiger partial charge in [-0.2, -0.15) is 0 Å². The van der Waals surface area contributed by atoms with Crippen molar-refractivity contribution in [1.82, 2.24) is 5.32 Å². The first-order valence-electron chi connectivity index (χ1n) is 7.04. The van der Waals surface area contributed by atoms with Crippen LogP contribution in [0.4, 0.5) is 4.39 Å². The van der Waals surface area contributed by atoms with Crippen LogP contribution in [0.15, 0.2) is 24.3 Å². The molecular weight excluding hydrogens is 293 g/mol. The second kappa shape index (κ2) is 7.74. The quantitative estimate of drug-likeness (QED) is 0.716. The third-order valence-corrected chi connectivity index (χ3v) is 3.14. The van der Waals surface area contributed by atoms with Gasteiger partial charge in [0.1, 0.15) is 18.2 Å². The zero-order valence-corrected chi connectivity index (χ0v) is 12.0. The van der Waals surface area contributed by atoms with Crippen molar-refractivity contribution in [3.05, 3.63) is 30.1 Å². The highest BCUT2D eigenvalue weighted by atomic mass is 19.1. The number of aliphatic carboxylic acids is 1. The molecule has 7 heteroatoms. The zero-order chi connectivity index (χ0) is 15.9. The summed E-state index contributed by atoms with van der Waals surface area (Å²) < 4.78 is 23.2. The standard InChI is InChI=1S/C15H18FNO5/c16-11-3-5-12(6-4-11)22-13(15(19)20)7-17-14(18)9-21-8-10-1-2-10/h3-6,10,13H,1-2,7-9H2,(H,17,18)(H,19,20). The predicted molar refractivity (Wildman–Crippen MR) is 75.0 cm³/mol. The van der Waals surface area contributed by atoms with Crippen molar-refractivity contribution >= 4 is 11.9 Å². The minimum absolute atomic E-state index is 0.0978. The van der Waals surface area contributed by atoms with Gasteiger partial charge in [0.15, 0.2) is 0 Å². The van der Waals surface area contributed by atoms with E-state index in [-0.39, 0.29) is 18.9 Å². The van der Waals surface area contributed by atoms with Crippen molar-refractivity contribution in [2.45, 2.75) is 18.9 Å². The third kappa shape index (κ3) is 5.69. The van der Waals surface area contributed by atoms with E-state index in [1.165, 1.54) is 24.3 Å². The third-order valence-electron chi connectivity index (χ3n) is 3.14. The van der Waals surface area contributed by atoms with Crippen LogP contribution in [-0.4, -0.2) is 42.8 Å². The summed E-state index contributed by atoms with van der Waals surface area (Å²) >= 11 is 0. The van der Waals surface area contributed by atoms with Gasteiger partial charge >= 0.3 is 5.97 Å². The van der Waals surface area contributed by atoms with Gasteiger partial charge in [-0.25, -0.2) is 9.18 Å². The van der Waals surface area contributed by atoms with E-state index in [2.05, 4.69) is 5.32 Å². The molecule has 0 aromatic heterocycles. The summed E-state index contributed by atoms with van der Waals surface area (Å²) in [6, 6.07) is 4.98. The maximum atomic E-state index is 12.8. The van der Waals surface area contributed by atoms with Gasteiger partial charge in [0, 0.05) is 0 Å². The molecule has 1 aromatic carbocycles. The lowest BCUT2D eigenvalue weighted by atomic mass is 10.3. The van der Waals surface area contributed by atoms with E-state index in [1.54, 1.807) is 0 Å². The van der Waals surface area contributed by atoms with Crippen molar-refractivity contribution < 1.29 is 28.6 Å². The number of carboxylic acid groups (broad SMARTS) is 1. The second-order valence-electron chi connectivity index (χ2n) is 5.16. The number of amides is 1. The van der Waals surface area contributed by atoms with Crippen LogP contribution in [-0.2, 0) is 14.3 Å². The molecule has 0 radical (unpaired) electrons. The highest BCUT2D eigenvalue weighted by Gasteiger charge is 2.23. The Bertz CT molecular complexity index is 515. The van der Waals surface area contributed by atoms with E-state index >= 15 is 0 Å². The molecule has 0 saturated heterocycles. The first kappa shape index (κ1) is 16.2. The number of benzene rings is 1. The summed E-state index contributed by atoms with van der Waals surface area (Å²) in [5, 5.41) is 11.5. The summed E-state index contributed by atoms with van der Waals surface area (Å²) in [4.78, 5) is 22.6. The number of carbonyl (C=O) groups excluding carboxylic acids is 1. The van der Waals surface area contributed by atoms with Crippen molar-refractivity contribution in [3.8, 4) is 5.75 Å². The van der Waals surface area contributed by atoms with Crippen molar-refractivity contribution in [2.75, 3.05) is 19.8 Å². The summed E-state index contributed by atoms with van der Waals surface area (Å²) in [6.45, 7) is 0.263. The topological polar surface area (TPSA) is 84.9 Å². The Morgan fingerprint density at radius 1 is 1.32 bits per heavy atom. The van der Waals surface area contributed by atoms with Crippen LogP contribution in [0.25, 0.3) is 0 Å². The number of ether oxygens (including phenoxy) is 2. The van der Waals surface area contributed by atoms with Crippen LogP contribution in [0.5, 0.6) is 5.75 Å². The molecule has 22 heavy (non-hydrogen) atoms. The molecule has 1 amide bonds. The Kier molecular flexibility index (Phi) is 5.71. The number of hydrogen-bond donors (Lipinski definition) is 2. The Hall–Kier alpha value is -2.15. The monoisotopic (exact) mass is 311 g/mol. The van der Waals surface area contributed by atoms with E-state index < -0.39 is 23.8 Å². The Morgan fingerprint density at radius 3 is 2.59 bits per heavy atom. The first-order chi connectivity index (χ1) is 10.5. The molecule has 1 aromatic rings.